The molecule has 400 valence electrons. The van der Waals surface area contributed by atoms with Crippen molar-refractivity contribution in [3.63, 3.8) is 0 Å². The van der Waals surface area contributed by atoms with E-state index >= 15 is 0 Å². The monoisotopic (exact) mass is 1120 g/mol. The molecule has 4 N–H and O–H groups in total. The molecule has 0 amide bonds. The van der Waals surface area contributed by atoms with Crippen LogP contribution in [-0.4, -0.2) is 39.9 Å². The zero-order chi connectivity index (χ0) is 56.4. The van der Waals surface area contributed by atoms with Crippen LogP contribution in [-0.2, 0) is 11.8 Å². The molecule has 8 nitrogen and oxygen atoms in total. The van der Waals surface area contributed by atoms with Gasteiger partial charge in [0.15, 0.2) is 0 Å². The lowest BCUT2D eigenvalue weighted by atomic mass is 10.0. The zero-order valence-corrected chi connectivity index (χ0v) is 48.2. The van der Waals surface area contributed by atoms with Crippen molar-refractivity contribution >= 4 is 127 Å². The summed E-state index contributed by atoms with van der Waals surface area (Å²) in [6.45, 7) is 8.49. The van der Waals surface area contributed by atoms with Gasteiger partial charge in [-0.05, 0) is 152 Å². The van der Waals surface area contributed by atoms with Crippen LogP contribution in [0.2, 0.25) is 0 Å². The quantitative estimate of drug-likeness (QED) is 0.128. The number of hydrogen-bond donors (Lipinski definition) is 4. The van der Waals surface area contributed by atoms with Crippen LogP contribution in [0.1, 0.15) is 67.8 Å². The molecule has 16 rings (SSSR count). The Hall–Kier alpha value is -10.1. The maximum atomic E-state index is 7.55. The SMILES string of the molecule is Cc1ccc(-c2c3nc(cc4[nH]c(cc5nc(c(-c6ccc(C)cc6)c6ccc2[nH]6)C=C5)c2c4-c4c(c5cc6nc(c(-c7ccc(C)cc7)c7ccc([nH]7)c(-c7ccc(C)cc7)c7nc(cc4[nH]5)C=C7)C=C6)P2(=S)c2ccccc2)C=C3)cc1. The number of benzene rings is 5. The molecule has 0 radical (unpaired) electrons. The molecule has 0 fully saturated rings. The van der Waals surface area contributed by atoms with E-state index in [-0.39, 0.29) is 0 Å². The van der Waals surface area contributed by atoms with E-state index in [4.69, 9.17) is 31.7 Å². The Kier molecular flexibility index (Phi) is 11.4. The molecule has 5 aliphatic heterocycles. The number of nitrogens with zero attached hydrogens (tertiary/aromatic N) is 4. The third-order valence-corrected chi connectivity index (χ3v) is 21.7. The van der Waals surface area contributed by atoms with Gasteiger partial charge in [-0.2, -0.15) is 0 Å². The summed E-state index contributed by atoms with van der Waals surface area (Å²) in [4.78, 5) is 37.7. The van der Waals surface area contributed by atoms with Crippen LogP contribution < -0.4 is 15.9 Å². The van der Waals surface area contributed by atoms with E-state index in [1.807, 2.05) is 0 Å². The topological polar surface area (TPSA) is 115 Å². The summed E-state index contributed by atoms with van der Waals surface area (Å²) in [6.07, 6.45) is 17.1. The Morgan fingerprint density at radius 2 is 0.560 bits per heavy atom. The van der Waals surface area contributed by atoms with Crippen molar-refractivity contribution in [2.75, 3.05) is 0 Å². The largest absolute Gasteiger partial charge is 0.354 e. The van der Waals surface area contributed by atoms with Crippen LogP contribution in [0.15, 0.2) is 176 Å². The van der Waals surface area contributed by atoms with Crippen LogP contribution in [0.25, 0.3) is 148 Å². The average Bonchev–Trinajstić information content (AvgIpc) is 1.87. The lowest BCUT2D eigenvalue weighted by molar-refractivity contribution is 1.31. The fourth-order valence-corrected chi connectivity index (χ4v) is 17.5. The van der Waals surface area contributed by atoms with Gasteiger partial charge in [-0.25, -0.2) is 19.9 Å². The van der Waals surface area contributed by atoms with Gasteiger partial charge in [0.25, 0.3) is 0 Å². The smallest absolute Gasteiger partial charge is 0.0736 e. The molecular formula is C74H53N8PS. The molecule has 0 saturated heterocycles. The van der Waals surface area contributed by atoms with Gasteiger partial charge in [0, 0.05) is 83.1 Å². The third-order valence-electron chi connectivity index (χ3n) is 16.7. The van der Waals surface area contributed by atoms with Gasteiger partial charge in [0.1, 0.15) is 0 Å². The van der Waals surface area contributed by atoms with Gasteiger partial charge in [-0.3, -0.25) is 0 Å². The molecule has 0 unspecified atom stereocenters. The fourth-order valence-electron chi connectivity index (χ4n) is 12.7. The van der Waals surface area contributed by atoms with Crippen molar-refractivity contribution in [2.45, 2.75) is 27.7 Å². The van der Waals surface area contributed by atoms with E-state index < -0.39 is 6.04 Å². The zero-order valence-electron chi connectivity index (χ0n) is 46.5. The Morgan fingerprint density at radius 1 is 0.286 bits per heavy atom. The summed E-state index contributed by atoms with van der Waals surface area (Å²) in [5.74, 6) is 0. The molecule has 6 aromatic heterocycles. The molecule has 10 heteroatoms. The molecule has 11 aromatic rings. The lowest BCUT2D eigenvalue weighted by Crippen LogP contribution is -2.20. The first-order valence-electron chi connectivity index (χ1n) is 28.4. The van der Waals surface area contributed by atoms with E-state index in [0.717, 1.165) is 161 Å². The Labute approximate surface area is 490 Å². The molecule has 84 heavy (non-hydrogen) atoms. The van der Waals surface area contributed by atoms with Crippen LogP contribution in [0, 0.1) is 27.7 Å². The maximum absolute atomic E-state index is 7.55. The van der Waals surface area contributed by atoms with Gasteiger partial charge < -0.3 is 19.9 Å². The minimum absolute atomic E-state index is 0.813. The molecule has 0 atom stereocenters. The van der Waals surface area contributed by atoms with Gasteiger partial charge in [-0.1, -0.05) is 161 Å². The second kappa shape index (κ2) is 19.3. The number of H-pyrrole nitrogens is 4. The summed E-state index contributed by atoms with van der Waals surface area (Å²) in [6, 6.07) is 60.1. The Morgan fingerprint density at radius 3 is 0.857 bits per heavy atom. The van der Waals surface area contributed by atoms with Crippen LogP contribution in [0.4, 0.5) is 0 Å². The molecule has 0 saturated carbocycles. The normalized spacial score (nSPS) is 13.4. The summed E-state index contributed by atoms with van der Waals surface area (Å²) >= 11 is 7.55. The highest BCUT2D eigenvalue weighted by Crippen LogP contribution is 2.57. The summed E-state index contributed by atoms with van der Waals surface area (Å²) in [7, 11) is 0. The van der Waals surface area contributed by atoms with Crippen molar-refractivity contribution in [3.8, 4) is 55.6 Å². The van der Waals surface area contributed by atoms with E-state index in [1.54, 1.807) is 0 Å². The minimum Gasteiger partial charge on any atom is -0.354 e. The number of nitrogens with one attached hydrogen (secondary N) is 4. The molecule has 5 aromatic carbocycles. The van der Waals surface area contributed by atoms with Crippen molar-refractivity contribution in [2.24, 2.45) is 0 Å². The number of rotatable bonds is 5. The number of fused-ring (bicyclic) bond motifs is 23. The number of aryl methyl sites for hydroxylation is 4. The fraction of sp³-hybridized carbons (Fsp3) is 0.0541. The maximum Gasteiger partial charge on any atom is 0.0736 e. The van der Waals surface area contributed by atoms with Crippen LogP contribution >= 0.6 is 6.04 Å². The second-order valence-corrected chi connectivity index (χ2v) is 26.7. The summed E-state index contributed by atoms with van der Waals surface area (Å²) in [5, 5.41) is 3.24. The molecular weight excluding hydrogens is 1060 g/mol. The minimum atomic E-state index is -2.97. The highest BCUT2D eigenvalue weighted by molar-refractivity contribution is 8.26. The van der Waals surface area contributed by atoms with Gasteiger partial charge in [0.2, 0.25) is 0 Å². The van der Waals surface area contributed by atoms with Gasteiger partial charge in [-0.15, -0.1) is 0 Å². The standard InChI is InChI=1S/C74H53N8PS/c1-42-10-18-46(19-11-42)67-55-30-26-50(75-55)38-63-71-72-64-39-51-27-31-56(76-51)68(47-20-12-43(2)13-21-47)60-35-37-62(80-60)70(49-24-16-45(4)17-25-49)58-33-29-53(78-58)41-66(82-64)74(72)83(84,54-8-6-5-7-9-54)73(71)65(81-63)40-52-28-32-57(77-52)69(61-36-34-59(67)79-61)48-22-14-44(3)15-23-48/h5-41,79-82H,1-4H3. The number of hydrogen-bond acceptors (Lipinski definition) is 5. The van der Waals surface area contributed by atoms with E-state index in [0.29, 0.717) is 0 Å². The molecule has 0 aliphatic carbocycles. The van der Waals surface area contributed by atoms with Crippen molar-refractivity contribution in [1.29, 1.82) is 0 Å². The van der Waals surface area contributed by atoms with Crippen LogP contribution in [0.5, 0.6) is 0 Å². The molecule has 16 bridgehead atoms. The van der Waals surface area contributed by atoms with Crippen LogP contribution in [0.3, 0.4) is 0 Å². The van der Waals surface area contributed by atoms with E-state index in [2.05, 4.69) is 272 Å². The first kappa shape index (κ1) is 49.7. The third kappa shape index (κ3) is 8.22. The number of aromatic amines is 4. The Bertz CT molecular complexity index is 4860. The van der Waals surface area contributed by atoms with Crippen molar-refractivity contribution in [3.05, 3.63) is 244 Å². The second-order valence-electron chi connectivity index (χ2n) is 22.4. The highest BCUT2D eigenvalue weighted by Gasteiger charge is 2.43. The molecule has 0 spiro atoms. The van der Waals surface area contributed by atoms with Crippen molar-refractivity contribution < 1.29 is 0 Å². The van der Waals surface area contributed by atoms with E-state index in [1.165, 1.54) is 22.3 Å². The average molecular weight is 1120 g/mol. The summed E-state index contributed by atoms with van der Waals surface area (Å²) < 4.78 is 0. The van der Waals surface area contributed by atoms with Gasteiger partial charge >= 0.3 is 0 Å². The Balaban J connectivity index is 1.05. The highest BCUT2D eigenvalue weighted by atomic mass is 32.4. The van der Waals surface area contributed by atoms with E-state index in [9.17, 15) is 0 Å². The van der Waals surface area contributed by atoms with Gasteiger partial charge in [0.05, 0.1) is 56.6 Å². The predicted molar refractivity (Wildman–Crippen MR) is 357 cm³/mol. The first-order valence-corrected chi connectivity index (χ1v) is 31.2. The number of aromatic nitrogens is 8. The molecule has 11 heterocycles. The first-order chi connectivity index (χ1) is 41.1. The predicted octanol–water partition coefficient (Wildman–Crippen LogP) is 17.3. The van der Waals surface area contributed by atoms with Crippen molar-refractivity contribution in [1.82, 2.24) is 39.9 Å². The summed E-state index contributed by atoms with van der Waals surface area (Å²) in [5.41, 5.74) is 29.3. The molecule has 5 aliphatic rings. The lowest BCUT2D eigenvalue weighted by Gasteiger charge is -2.19.